The van der Waals surface area contributed by atoms with Crippen LogP contribution < -0.4 is 5.32 Å². The number of benzene rings is 1. The van der Waals surface area contributed by atoms with E-state index in [0.29, 0.717) is 23.9 Å². The Bertz CT molecular complexity index is 712. The molecule has 5 rings (SSSR count). The maximum Gasteiger partial charge on any atom is 0.312 e. The number of carbonyl (C=O) groups excluding carboxylic acids is 2. The van der Waals surface area contributed by atoms with Crippen molar-refractivity contribution < 1.29 is 19.4 Å². The van der Waals surface area contributed by atoms with Crippen LogP contribution in [0.4, 0.5) is 5.69 Å². The highest BCUT2D eigenvalue weighted by atomic mass is 16.5. The number of hydrogen-bond acceptors (Lipinski definition) is 4. The minimum atomic E-state index is -0.855. The van der Waals surface area contributed by atoms with Gasteiger partial charge in [-0.25, -0.2) is 0 Å². The lowest BCUT2D eigenvalue weighted by Crippen LogP contribution is -2.59. The molecule has 4 aliphatic rings. The molecule has 0 aromatic heterocycles. The highest BCUT2D eigenvalue weighted by molar-refractivity contribution is 5.95. The third kappa shape index (κ3) is 3.13. The first-order valence-corrected chi connectivity index (χ1v) is 9.58. The van der Waals surface area contributed by atoms with Gasteiger partial charge in [-0.2, -0.15) is 0 Å². The molecule has 2 unspecified atom stereocenters. The van der Waals surface area contributed by atoms with Crippen molar-refractivity contribution in [3.63, 3.8) is 0 Å². The lowest BCUT2D eigenvalue weighted by molar-refractivity contribution is -0.199. The van der Waals surface area contributed by atoms with Gasteiger partial charge in [0.1, 0.15) is 0 Å². The van der Waals surface area contributed by atoms with Gasteiger partial charge in [0.25, 0.3) is 5.91 Å². The third-order valence-corrected chi connectivity index (χ3v) is 6.44. The fourth-order valence-corrected chi connectivity index (χ4v) is 5.67. The molecule has 0 aliphatic heterocycles. The Labute approximate surface area is 154 Å². The van der Waals surface area contributed by atoms with Gasteiger partial charge >= 0.3 is 5.97 Å². The standard InChI is InChI=1S/C21H27NO4/c1-13-3-5-17(6-4-13)22-18(23)14(2)26-19(24)20-8-15-7-16(9-20)11-21(25,10-15)12-20/h3-6,14-16,25H,7-12H2,1-2H3,(H,22,23)/t14-,15-,16+,20?,21?/m1/s1. The van der Waals surface area contributed by atoms with E-state index in [-0.39, 0.29) is 11.9 Å². The summed E-state index contributed by atoms with van der Waals surface area (Å²) in [5.41, 5.74) is 0.489. The predicted octanol–water partition coefficient (Wildman–Crippen LogP) is 3.20. The maximum absolute atomic E-state index is 12.9. The number of aryl methyl sites for hydroxylation is 1. The molecular weight excluding hydrogens is 330 g/mol. The quantitative estimate of drug-likeness (QED) is 0.812. The van der Waals surface area contributed by atoms with E-state index in [0.717, 1.165) is 37.7 Å². The van der Waals surface area contributed by atoms with Crippen molar-refractivity contribution in [3.8, 4) is 0 Å². The van der Waals surface area contributed by atoms with Crippen molar-refractivity contribution in [1.29, 1.82) is 0 Å². The van der Waals surface area contributed by atoms with E-state index in [1.54, 1.807) is 6.92 Å². The zero-order chi connectivity index (χ0) is 18.5. The smallest absolute Gasteiger partial charge is 0.312 e. The lowest BCUT2D eigenvalue weighted by atomic mass is 9.48. The predicted molar refractivity (Wildman–Crippen MR) is 97.4 cm³/mol. The van der Waals surface area contributed by atoms with Gasteiger partial charge in [-0.15, -0.1) is 0 Å². The molecule has 5 atom stereocenters. The van der Waals surface area contributed by atoms with Gasteiger partial charge in [-0.05, 0) is 76.3 Å². The van der Waals surface area contributed by atoms with Crippen LogP contribution in [0.1, 0.15) is 51.0 Å². The fraction of sp³-hybridized carbons (Fsp3) is 0.619. The molecule has 1 amide bonds. The number of amides is 1. The number of nitrogens with one attached hydrogen (secondary N) is 1. The fourth-order valence-electron chi connectivity index (χ4n) is 5.67. The van der Waals surface area contributed by atoms with Gasteiger partial charge < -0.3 is 15.2 Å². The van der Waals surface area contributed by atoms with E-state index in [2.05, 4.69) is 5.32 Å². The van der Waals surface area contributed by atoms with E-state index in [1.165, 1.54) is 0 Å². The van der Waals surface area contributed by atoms with Crippen LogP contribution in [0.15, 0.2) is 24.3 Å². The molecule has 0 saturated heterocycles. The summed E-state index contributed by atoms with van der Waals surface area (Å²) in [7, 11) is 0. The topological polar surface area (TPSA) is 75.6 Å². The molecule has 5 nitrogen and oxygen atoms in total. The van der Waals surface area contributed by atoms with Gasteiger partial charge in [0.05, 0.1) is 11.0 Å². The zero-order valence-corrected chi connectivity index (χ0v) is 15.5. The molecule has 26 heavy (non-hydrogen) atoms. The minimum Gasteiger partial charge on any atom is -0.452 e. The van der Waals surface area contributed by atoms with E-state index in [1.807, 2.05) is 31.2 Å². The highest BCUT2D eigenvalue weighted by Gasteiger charge is 2.61. The van der Waals surface area contributed by atoms with Crippen LogP contribution in [0, 0.1) is 24.2 Å². The summed E-state index contributed by atoms with van der Waals surface area (Å²) < 4.78 is 5.58. The first kappa shape index (κ1) is 17.5. The van der Waals surface area contributed by atoms with Crippen LogP contribution in [-0.2, 0) is 14.3 Å². The summed E-state index contributed by atoms with van der Waals surface area (Å²) in [6, 6.07) is 7.50. The Morgan fingerprint density at radius 3 is 2.35 bits per heavy atom. The minimum absolute atomic E-state index is 0.309. The zero-order valence-electron chi connectivity index (χ0n) is 15.5. The molecule has 2 N–H and O–H groups in total. The number of hydrogen-bond donors (Lipinski definition) is 2. The number of esters is 1. The monoisotopic (exact) mass is 357 g/mol. The number of rotatable bonds is 4. The van der Waals surface area contributed by atoms with E-state index >= 15 is 0 Å². The third-order valence-electron chi connectivity index (χ3n) is 6.44. The first-order chi connectivity index (χ1) is 12.3. The Kier molecular flexibility index (Phi) is 4.10. The van der Waals surface area contributed by atoms with Crippen molar-refractivity contribution in [3.05, 3.63) is 29.8 Å². The molecule has 4 saturated carbocycles. The summed E-state index contributed by atoms with van der Waals surface area (Å²) in [5.74, 6) is 0.179. The van der Waals surface area contributed by atoms with Crippen molar-refractivity contribution in [1.82, 2.24) is 0 Å². The Balaban J connectivity index is 1.41. The van der Waals surface area contributed by atoms with E-state index in [4.69, 9.17) is 4.74 Å². The number of ether oxygens (including phenoxy) is 1. The summed E-state index contributed by atoms with van der Waals surface area (Å²) in [6.07, 6.45) is 3.93. The average Bonchev–Trinajstić information content (AvgIpc) is 2.54. The molecule has 0 heterocycles. The molecule has 4 aliphatic carbocycles. The lowest BCUT2D eigenvalue weighted by Gasteiger charge is -2.58. The number of anilines is 1. The SMILES string of the molecule is Cc1ccc(NC(=O)[C@@H](C)OC(=O)C23C[C@@H]4C[C@@H](CC(O)(C4)C2)C3)cc1. The van der Waals surface area contributed by atoms with Crippen LogP contribution in [0.5, 0.6) is 0 Å². The van der Waals surface area contributed by atoms with Gasteiger partial charge in [0, 0.05) is 5.69 Å². The number of aliphatic hydroxyl groups is 1. The molecular formula is C21H27NO4. The van der Waals surface area contributed by atoms with Gasteiger partial charge in [0.2, 0.25) is 0 Å². The molecule has 1 aromatic carbocycles. The Morgan fingerprint density at radius 2 is 1.77 bits per heavy atom. The normalized spacial score (nSPS) is 35.8. The van der Waals surface area contributed by atoms with E-state index in [9.17, 15) is 14.7 Å². The summed E-state index contributed by atoms with van der Waals surface area (Å²) in [5, 5.41) is 13.6. The van der Waals surface area contributed by atoms with Crippen LogP contribution in [-0.4, -0.2) is 28.7 Å². The van der Waals surface area contributed by atoms with Crippen LogP contribution in [0.2, 0.25) is 0 Å². The summed E-state index contributed by atoms with van der Waals surface area (Å²) in [6.45, 7) is 3.59. The highest BCUT2D eigenvalue weighted by Crippen LogP contribution is 2.62. The Hall–Kier alpha value is -1.88. The average molecular weight is 357 g/mol. The second kappa shape index (κ2) is 6.08. The Morgan fingerprint density at radius 1 is 1.15 bits per heavy atom. The van der Waals surface area contributed by atoms with Crippen LogP contribution in [0.3, 0.4) is 0 Å². The molecule has 0 spiro atoms. The molecule has 1 aromatic rings. The second-order valence-corrected chi connectivity index (χ2v) is 8.87. The molecule has 4 bridgehead atoms. The first-order valence-electron chi connectivity index (χ1n) is 9.58. The van der Waals surface area contributed by atoms with Crippen molar-refractivity contribution in [2.45, 2.75) is 64.1 Å². The maximum atomic E-state index is 12.9. The van der Waals surface area contributed by atoms with Gasteiger partial charge in [0.15, 0.2) is 6.10 Å². The van der Waals surface area contributed by atoms with Crippen molar-refractivity contribution >= 4 is 17.6 Å². The second-order valence-electron chi connectivity index (χ2n) is 8.87. The van der Waals surface area contributed by atoms with Gasteiger partial charge in [-0.1, -0.05) is 17.7 Å². The van der Waals surface area contributed by atoms with Gasteiger partial charge in [-0.3, -0.25) is 9.59 Å². The number of carbonyl (C=O) groups is 2. The molecule has 140 valence electrons. The summed E-state index contributed by atoms with van der Waals surface area (Å²) in [4.78, 5) is 25.3. The molecule has 0 radical (unpaired) electrons. The summed E-state index contributed by atoms with van der Waals surface area (Å²) >= 11 is 0. The molecule has 4 fully saturated rings. The van der Waals surface area contributed by atoms with Crippen LogP contribution in [0.25, 0.3) is 0 Å². The largest absolute Gasteiger partial charge is 0.452 e. The van der Waals surface area contributed by atoms with Crippen molar-refractivity contribution in [2.24, 2.45) is 17.3 Å². The van der Waals surface area contributed by atoms with Crippen molar-refractivity contribution in [2.75, 3.05) is 5.32 Å². The van der Waals surface area contributed by atoms with E-state index < -0.39 is 17.1 Å². The molecule has 5 heteroatoms. The van der Waals surface area contributed by atoms with Crippen LogP contribution >= 0.6 is 0 Å².